The Morgan fingerprint density at radius 3 is 3.00 bits per heavy atom. The molecular weight excluding hydrogens is 204 g/mol. The monoisotopic (exact) mass is 224 g/mol. The first kappa shape index (κ1) is 12.5. The van der Waals surface area contributed by atoms with Gasteiger partial charge in [0.05, 0.1) is 0 Å². The summed E-state index contributed by atoms with van der Waals surface area (Å²) in [6, 6.07) is 0. The van der Waals surface area contributed by atoms with E-state index in [4.69, 9.17) is 0 Å². The van der Waals surface area contributed by atoms with Gasteiger partial charge in [-0.05, 0) is 6.42 Å². The van der Waals surface area contributed by atoms with Crippen LogP contribution in [-0.2, 0) is 11.3 Å². The molecule has 0 unspecified atom stereocenters. The Hall–Kier alpha value is -1.52. The normalized spacial score (nSPS) is 10.1. The van der Waals surface area contributed by atoms with Crippen molar-refractivity contribution in [3.8, 4) is 0 Å². The van der Waals surface area contributed by atoms with E-state index in [9.17, 15) is 4.79 Å². The maximum atomic E-state index is 10.7. The minimum absolute atomic E-state index is 0.00359. The second-order valence-electron chi connectivity index (χ2n) is 3.71. The second-order valence-corrected chi connectivity index (χ2v) is 3.71. The molecule has 0 aliphatic carbocycles. The van der Waals surface area contributed by atoms with Gasteiger partial charge in [0.1, 0.15) is 0 Å². The Kier molecular flexibility index (Phi) is 5.39. The van der Waals surface area contributed by atoms with Gasteiger partial charge in [0.2, 0.25) is 11.9 Å². The summed E-state index contributed by atoms with van der Waals surface area (Å²) in [5, 5.41) is 5.93. The fourth-order valence-electron chi connectivity index (χ4n) is 1.40. The van der Waals surface area contributed by atoms with Gasteiger partial charge in [-0.3, -0.25) is 4.79 Å². The fraction of sp³-hybridized carbons (Fsp3) is 0.636. The molecule has 90 valence electrons. The molecule has 0 aliphatic heterocycles. The quantitative estimate of drug-likeness (QED) is 0.685. The average molecular weight is 224 g/mol. The van der Waals surface area contributed by atoms with Gasteiger partial charge in [0.15, 0.2) is 0 Å². The van der Waals surface area contributed by atoms with Crippen molar-refractivity contribution in [1.82, 2.24) is 14.9 Å². The number of nitrogens with one attached hydrogen (secondary N) is 2. The summed E-state index contributed by atoms with van der Waals surface area (Å²) in [5.41, 5.74) is 0. The molecule has 0 radical (unpaired) electrons. The number of imidazole rings is 1. The Balaban J connectivity index is 2.29. The van der Waals surface area contributed by atoms with Crippen LogP contribution >= 0.6 is 0 Å². The minimum Gasteiger partial charge on any atom is -0.355 e. The molecule has 0 aromatic carbocycles. The van der Waals surface area contributed by atoms with Crippen LogP contribution in [0.1, 0.15) is 26.7 Å². The molecule has 1 aromatic heterocycles. The third kappa shape index (κ3) is 4.33. The zero-order valence-corrected chi connectivity index (χ0v) is 9.99. The number of carbonyl (C=O) groups is 1. The molecule has 0 fully saturated rings. The van der Waals surface area contributed by atoms with Crippen LogP contribution in [0.5, 0.6) is 0 Å². The molecule has 1 amide bonds. The van der Waals surface area contributed by atoms with E-state index in [0.29, 0.717) is 13.1 Å². The highest BCUT2D eigenvalue weighted by atomic mass is 16.1. The molecule has 1 rings (SSSR count). The first-order valence-corrected chi connectivity index (χ1v) is 5.73. The number of nitrogens with zero attached hydrogens (tertiary/aromatic N) is 2. The summed E-state index contributed by atoms with van der Waals surface area (Å²) in [6.07, 6.45) is 6.08. The molecule has 5 heteroatoms. The van der Waals surface area contributed by atoms with Gasteiger partial charge < -0.3 is 15.2 Å². The molecule has 16 heavy (non-hydrogen) atoms. The Bertz CT molecular complexity index is 322. The molecule has 0 atom stereocenters. The van der Waals surface area contributed by atoms with Crippen LogP contribution in [0.15, 0.2) is 12.4 Å². The summed E-state index contributed by atoms with van der Waals surface area (Å²) >= 11 is 0. The van der Waals surface area contributed by atoms with Gasteiger partial charge in [-0.2, -0.15) is 0 Å². The topological polar surface area (TPSA) is 59.0 Å². The Morgan fingerprint density at radius 1 is 1.50 bits per heavy atom. The van der Waals surface area contributed by atoms with Crippen LogP contribution < -0.4 is 10.6 Å². The number of aryl methyl sites for hydroxylation is 1. The van der Waals surface area contributed by atoms with Crippen LogP contribution in [0.3, 0.4) is 0 Å². The molecule has 0 saturated heterocycles. The van der Waals surface area contributed by atoms with E-state index < -0.39 is 0 Å². The summed E-state index contributed by atoms with van der Waals surface area (Å²) in [4.78, 5) is 14.9. The number of rotatable bonds is 7. The molecule has 0 saturated carbocycles. The van der Waals surface area contributed by atoms with Gasteiger partial charge in [-0.1, -0.05) is 13.3 Å². The minimum atomic E-state index is -0.00359. The second kappa shape index (κ2) is 6.87. The van der Waals surface area contributed by atoms with Crippen molar-refractivity contribution in [1.29, 1.82) is 0 Å². The Morgan fingerprint density at radius 2 is 2.31 bits per heavy atom. The van der Waals surface area contributed by atoms with E-state index in [0.717, 1.165) is 18.9 Å². The summed E-state index contributed by atoms with van der Waals surface area (Å²) in [7, 11) is 0. The van der Waals surface area contributed by atoms with Crippen molar-refractivity contribution in [3.63, 3.8) is 0 Å². The number of amides is 1. The standard InChI is InChI=1S/C11H20N4O/c1-3-4-8-15-9-7-14-11(15)13-6-5-12-10(2)16/h7,9H,3-6,8H2,1-2H3,(H,12,16)(H,13,14). The third-order valence-electron chi connectivity index (χ3n) is 2.25. The summed E-state index contributed by atoms with van der Waals surface area (Å²) < 4.78 is 2.09. The fourth-order valence-corrected chi connectivity index (χ4v) is 1.40. The van der Waals surface area contributed by atoms with Gasteiger partial charge >= 0.3 is 0 Å². The van der Waals surface area contributed by atoms with Crippen LogP contribution in [-0.4, -0.2) is 28.5 Å². The lowest BCUT2D eigenvalue weighted by Gasteiger charge is -2.09. The zero-order valence-electron chi connectivity index (χ0n) is 9.99. The maximum absolute atomic E-state index is 10.7. The number of aromatic nitrogens is 2. The first-order chi connectivity index (χ1) is 7.74. The van der Waals surface area contributed by atoms with E-state index in [1.54, 1.807) is 6.20 Å². The first-order valence-electron chi connectivity index (χ1n) is 5.73. The van der Waals surface area contributed by atoms with E-state index in [1.807, 2.05) is 6.20 Å². The number of anilines is 1. The van der Waals surface area contributed by atoms with Crippen LogP contribution in [0.4, 0.5) is 5.95 Å². The molecule has 0 bridgehead atoms. The SMILES string of the molecule is CCCCn1ccnc1NCCNC(C)=O. The highest BCUT2D eigenvalue weighted by Gasteiger charge is 2.00. The Labute approximate surface area is 96.3 Å². The molecule has 1 heterocycles. The van der Waals surface area contributed by atoms with E-state index in [1.165, 1.54) is 13.3 Å². The molecule has 2 N–H and O–H groups in total. The lowest BCUT2D eigenvalue weighted by Crippen LogP contribution is -2.26. The highest BCUT2D eigenvalue weighted by Crippen LogP contribution is 2.05. The van der Waals surface area contributed by atoms with Crippen molar-refractivity contribution < 1.29 is 4.79 Å². The molecular formula is C11H20N4O. The van der Waals surface area contributed by atoms with Crippen molar-refractivity contribution in [2.75, 3.05) is 18.4 Å². The highest BCUT2D eigenvalue weighted by molar-refractivity contribution is 5.72. The third-order valence-corrected chi connectivity index (χ3v) is 2.25. The smallest absolute Gasteiger partial charge is 0.216 e. The van der Waals surface area contributed by atoms with E-state index >= 15 is 0 Å². The van der Waals surface area contributed by atoms with Crippen LogP contribution in [0, 0.1) is 0 Å². The van der Waals surface area contributed by atoms with Gasteiger partial charge in [-0.25, -0.2) is 4.98 Å². The molecule has 0 spiro atoms. The van der Waals surface area contributed by atoms with E-state index in [-0.39, 0.29) is 5.91 Å². The van der Waals surface area contributed by atoms with Crippen LogP contribution in [0.2, 0.25) is 0 Å². The van der Waals surface area contributed by atoms with Crippen molar-refractivity contribution >= 4 is 11.9 Å². The van der Waals surface area contributed by atoms with Crippen LogP contribution in [0.25, 0.3) is 0 Å². The number of unbranched alkanes of at least 4 members (excludes halogenated alkanes) is 1. The van der Waals surface area contributed by atoms with Gasteiger partial charge in [0, 0.05) is 39.0 Å². The maximum Gasteiger partial charge on any atom is 0.216 e. The zero-order chi connectivity index (χ0) is 11.8. The number of carbonyl (C=O) groups excluding carboxylic acids is 1. The lowest BCUT2D eigenvalue weighted by atomic mass is 10.3. The number of hydrogen-bond donors (Lipinski definition) is 2. The van der Waals surface area contributed by atoms with Crippen molar-refractivity contribution in [3.05, 3.63) is 12.4 Å². The average Bonchev–Trinajstić information content (AvgIpc) is 2.69. The predicted octanol–water partition coefficient (Wildman–Crippen LogP) is 1.23. The predicted molar refractivity (Wildman–Crippen MR) is 64.3 cm³/mol. The molecule has 0 aliphatic rings. The van der Waals surface area contributed by atoms with Gasteiger partial charge in [0.25, 0.3) is 0 Å². The van der Waals surface area contributed by atoms with Crippen molar-refractivity contribution in [2.45, 2.75) is 33.2 Å². The van der Waals surface area contributed by atoms with Gasteiger partial charge in [-0.15, -0.1) is 0 Å². The number of hydrogen-bond acceptors (Lipinski definition) is 3. The van der Waals surface area contributed by atoms with Crippen molar-refractivity contribution in [2.24, 2.45) is 0 Å². The molecule has 5 nitrogen and oxygen atoms in total. The molecule has 1 aromatic rings. The lowest BCUT2D eigenvalue weighted by molar-refractivity contribution is -0.118. The summed E-state index contributed by atoms with van der Waals surface area (Å²) in [6.45, 7) is 5.99. The summed E-state index contributed by atoms with van der Waals surface area (Å²) in [5.74, 6) is 0.870. The van der Waals surface area contributed by atoms with E-state index in [2.05, 4.69) is 27.1 Å². The largest absolute Gasteiger partial charge is 0.355 e.